The molecule has 0 amide bonds. The van der Waals surface area contributed by atoms with Crippen molar-refractivity contribution in [3.05, 3.63) is 29.3 Å². The number of halogens is 3. The second-order valence-corrected chi connectivity index (χ2v) is 4.46. The van der Waals surface area contributed by atoms with E-state index in [1.165, 1.54) is 19.2 Å². The first kappa shape index (κ1) is 12.7. The highest BCUT2D eigenvalue weighted by atomic mass is 19.4. The zero-order valence-corrected chi connectivity index (χ0v) is 9.84. The third-order valence-electron chi connectivity index (χ3n) is 3.47. The van der Waals surface area contributed by atoms with E-state index in [1.807, 2.05) is 6.07 Å². The summed E-state index contributed by atoms with van der Waals surface area (Å²) in [6.45, 7) is 0. The number of ether oxygens (including phenoxy) is 1. The maximum absolute atomic E-state index is 13.0. The molecule has 0 saturated heterocycles. The molecule has 0 aliphatic heterocycles. The number of hydrogen-bond acceptors (Lipinski definition) is 2. The van der Waals surface area contributed by atoms with Crippen LogP contribution in [-0.4, -0.2) is 7.11 Å². The molecule has 5 heteroatoms. The second kappa shape index (κ2) is 4.20. The van der Waals surface area contributed by atoms with Crippen LogP contribution in [0.3, 0.4) is 0 Å². The minimum absolute atomic E-state index is 0.0737. The molecule has 1 saturated carbocycles. The van der Waals surface area contributed by atoms with Crippen LogP contribution >= 0.6 is 0 Å². The van der Waals surface area contributed by atoms with Crippen molar-refractivity contribution in [1.82, 2.24) is 0 Å². The summed E-state index contributed by atoms with van der Waals surface area (Å²) in [6, 6.07) is 5.84. The largest absolute Gasteiger partial charge is 0.497 e. The Kier molecular flexibility index (Phi) is 2.97. The predicted molar refractivity (Wildman–Crippen MR) is 59.1 cm³/mol. The Balaban J connectivity index is 2.57. The van der Waals surface area contributed by atoms with Crippen molar-refractivity contribution in [3.63, 3.8) is 0 Å². The number of rotatable bonds is 2. The molecule has 96 valence electrons. The number of benzene rings is 1. The standard InChI is InChI=1S/C13H12F3NO/c1-18-9-3-4-10(11(7-9)13(14,15)16)12(8-17)5-2-6-12/h3-4,7H,2,5-6H2,1H3. The Morgan fingerprint density at radius 3 is 2.39 bits per heavy atom. The maximum atomic E-state index is 13.0. The molecule has 1 aliphatic rings. The van der Waals surface area contributed by atoms with Gasteiger partial charge in [-0.15, -0.1) is 0 Å². The van der Waals surface area contributed by atoms with Crippen molar-refractivity contribution < 1.29 is 17.9 Å². The molecule has 1 aromatic carbocycles. The van der Waals surface area contributed by atoms with Crippen molar-refractivity contribution in [2.75, 3.05) is 7.11 Å². The summed E-state index contributed by atoms with van der Waals surface area (Å²) in [5.74, 6) is 0.151. The van der Waals surface area contributed by atoms with Gasteiger partial charge in [0, 0.05) is 0 Å². The summed E-state index contributed by atoms with van der Waals surface area (Å²) >= 11 is 0. The van der Waals surface area contributed by atoms with Gasteiger partial charge in [-0.2, -0.15) is 18.4 Å². The van der Waals surface area contributed by atoms with Crippen molar-refractivity contribution in [2.45, 2.75) is 30.9 Å². The Hall–Kier alpha value is -1.70. The maximum Gasteiger partial charge on any atom is 0.416 e. The molecule has 0 radical (unpaired) electrons. The molecule has 0 spiro atoms. The average molecular weight is 255 g/mol. The van der Waals surface area contributed by atoms with Gasteiger partial charge in [-0.25, -0.2) is 0 Å². The third-order valence-corrected chi connectivity index (χ3v) is 3.47. The van der Waals surface area contributed by atoms with Crippen LogP contribution in [0.1, 0.15) is 30.4 Å². The van der Waals surface area contributed by atoms with Crippen molar-refractivity contribution in [1.29, 1.82) is 5.26 Å². The number of nitrogens with zero attached hydrogens (tertiary/aromatic N) is 1. The number of methoxy groups -OCH3 is 1. The van der Waals surface area contributed by atoms with Gasteiger partial charge in [-0.3, -0.25) is 0 Å². The molecule has 2 rings (SSSR count). The van der Waals surface area contributed by atoms with Crippen molar-refractivity contribution in [3.8, 4) is 11.8 Å². The molecular formula is C13H12F3NO. The van der Waals surface area contributed by atoms with Crippen LogP contribution in [0.15, 0.2) is 18.2 Å². The molecule has 1 aromatic rings. The molecule has 1 fully saturated rings. The summed E-state index contributed by atoms with van der Waals surface area (Å²) in [5.41, 5.74) is -1.66. The van der Waals surface area contributed by atoms with E-state index in [0.29, 0.717) is 12.8 Å². The number of hydrogen-bond donors (Lipinski definition) is 0. The fourth-order valence-electron chi connectivity index (χ4n) is 2.27. The van der Waals surface area contributed by atoms with E-state index in [2.05, 4.69) is 0 Å². The zero-order valence-electron chi connectivity index (χ0n) is 9.84. The summed E-state index contributed by atoms with van der Waals surface area (Å²) < 4.78 is 43.9. The summed E-state index contributed by atoms with van der Waals surface area (Å²) in [4.78, 5) is 0. The van der Waals surface area contributed by atoms with Crippen LogP contribution in [0.2, 0.25) is 0 Å². The number of alkyl halides is 3. The molecule has 0 N–H and O–H groups in total. The highest BCUT2D eigenvalue weighted by Gasteiger charge is 2.45. The minimum atomic E-state index is -4.47. The molecule has 0 aromatic heterocycles. The Labute approximate surface area is 103 Å². The van der Waals surface area contributed by atoms with Crippen LogP contribution in [0, 0.1) is 11.3 Å². The lowest BCUT2D eigenvalue weighted by molar-refractivity contribution is -0.139. The van der Waals surface area contributed by atoms with Crippen LogP contribution in [-0.2, 0) is 11.6 Å². The van der Waals surface area contributed by atoms with Gasteiger partial charge in [0.05, 0.1) is 24.2 Å². The molecule has 1 aliphatic carbocycles. The molecule has 0 heterocycles. The van der Waals surface area contributed by atoms with Gasteiger partial charge in [0.25, 0.3) is 0 Å². The third kappa shape index (κ3) is 1.92. The highest BCUT2D eigenvalue weighted by Crippen LogP contribution is 2.48. The van der Waals surface area contributed by atoms with Gasteiger partial charge in [0.2, 0.25) is 0 Å². The number of nitriles is 1. The van der Waals surface area contributed by atoms with E-state index >= 15 is 0 Å². The molecule has 0 atom stereocenters. The Bertz CT molecular complexity index is 498. The summed E-state index contributed by atoms with van der Waals surface area (Å²) in [7, 11) is 1.32. The van der Waals surface area contributed by atoms with E-state index < -0.39 is 17.2 Å². The molecule has 0 bridgehead atoms. The van der Waals surface area contributed by atoms with Gasteiger partial charge in [-0.05, 0) is 37.0 Å². The van der Waals surface area contributed by atoms with Gasteiger partial charge in [-0.1, -0.05) is 6.07 Å². The van der Waals surface area contributed by atoms with Crippen LogP contribution in [0.25, 0.3) is 0 Å². The Morgan fingerprint density at radius 2 is 2.00 bits per heavy atom. The summed E-state index contributed by atoms with van der Waals surface area (Å²) in [6.07, 6.45) is -2.71. The monoisotopic (exact) mass is 255 g/mol. The predicted octanol–water partition coefficient (Wildman–Crippen LogP) is 3.66. The first-order valence-electron chi connectivity index (χ1n) is 5.60. The van der Waals surface area contributed by atoms with Crippen molar-refractivity contribution >= 4 is 0 Å². The van der Waals surface area contributed by atoms with Gasteiger partial charge in [0.1, 0.15) is 5.75 Å². The Morgan fingerprint density at radius 1 is 1.33 bits per heavy atom. The van der Waals surface area contributed by atoms with E-state index in [1.54, 1.807) is 0 Å². The van der Waals surface area contributed by atoms with Crippen LogP contribution in [0.5, 0.6) is 5.75 Å². The SMILES string of the molecule is COc1ccc(C2(C#N)CCC2)c(C(F)(F)F)c1. The van der Waals surface area contributed by atoms with Crippen LogP contribution < -0.4 is 4.74 Å². The summed E-state index contributed by atoms with van der Waals surface area (Å²) in [5, 5.41) is 9.16. The zero-order chi connectivity index (χ0) is 13.4. The topological polar surface area (TPSA) is 33.0 Å². The molecule has 2 nitrogen and oxygen atoms in total. The van der Waals surface area contributed by atoms with Gasteiger partial charge in [0.15, 0.2) is 0 Å². The van der Waals surface area contributed by atoms with Crippen LogP contribution in [0.4, 0.5) is 13.2 Å². The lowest BCUT2D eigenvalue weighted by Gasteiger charge is -2.37. The average Bonchev–Trinajstić information content (AvgIpc) is 2.27. The molecule has 18 heavy (non-hydrogen) atoms. The van der Waals surface area contributed by atoms with E-state index in [4.69, 9.17) is 10.00 Å². The molecule has 0 unspecified atom stereocenters. The quantitative estimate of drug-likeness (QED) is 0.808. The fraction of sp³-hybridized carbons (Fsp3) is 0.462. The van der Waals surface area contributed by atoms with E-state index in [9.17, 15) is 13.2 Å². The second-order valence-electron chi connectivity index (χ2n) is 4.46. The lowest BCUT2D eigenvalue weighted by atomic mass is 9.64. The van der Waals surface area contributed by atoms with E-state index in [-0.39, 0.29) is 11.3 Å². The lowest BCUT2D eigenvalue weighted by Crippen LogP contribution is -2.34. The first-order valence-corrected chi connectivity index (χ1v) is 5.60. The minimum Gasteiger partial charge on any atom is -0.497 e. The normalized spacial score (nSPS) is 17.7. The smallest absolute Gasteiger partial charge is 0.416 e. The fourth-order valence-corrected chi connectivity index (χ4v) is 2.27. The first-order chi connectivity index (χ1) is 8.43. The van der Waals surface area contributed by atoms with E-state index in [0.717, 1.165) is 12.5 Å². The van der Waals surface area contributed by atoms with Crippen molar-refractivity contribution in [2.24, 2.45) is 0 Å². The highest BCUT2D eigenvalue weighted by molar-refractivity contribution is 5.46. The van der Waals surface area contributed by atoms with Gasteiger partial charge < -0.3 is 4.74 Å². The molecular weight excluding hydrogens is 243 g/mol. The van der Waals surface area contributed by atoms with Gasteiger partial charge >= 0.3 is 6.18 Å².